The van der Waals surface area contributed by atoms with E-state index >= 15 is 0 Å². The minimum Gasteiger partial charge on any atom is -0.448 e. The lowest BCUT2D eigenvalue weighted by molar-refractivity contribution is -0.102. The van der Waals surface area contributed by atoms with Crippen LogP contribution >= 0.6 is 15.9 Å². The van der Waals surface area contributed by atoms with Gasteiger partial charge in [0.1, 0.15) is 6.61 Å². The summed E-state index contributed by atoms with van der Waals surface area (Å²) in [7, 11) is 1.71. The third kappa shape index (κ3) is 2.94. The van der Waals surface area contributed by atoms with Gasteiger partial charge >= 0.3 is 6.09 Å². The van der Waals surface area contributed by atoms with Gasteiger partial charge in [0, 0.05) is 13.0 Å². The number of benzene rings is 2. The topological polar surface area (TPSA) is 80.5 Å². The van der Waals surface area contributed by atoms with Crippen LogP contribution in [0.25, 0.3) is 11.1 Å². The van der Waals surface area contributed by atoms with Gasteiger partial charge in [-0.2, -0.15) is 0 Å². The number of β-amino-alcohol motifs (C(OH)–C–C–N with tert-alkyl or cyclic N) is 1. The zero-order valence-electron chi connectivity index (χ0n) is 15.7. The van der Waals surface area contributed by atoms with Crippen molar-refractivity contribution in [2.24, 2.45) is 7.05 Å². The predicted molar refractivity (Wildman–Crippen MR) is 109 cm³/mol. The minimum atomic E-state index is -1.21. The number of aliphatic hydroxyl groups is 1. The maximum absolute atomic E-state index is 12.6. The van der Waals surface area contributed by atoms with E-state index in [0.29, 0.717) is 10.6 Å². The summed E-state index contributed by atoms with van der Waals surface area (Å²) in [6.45, 7) is 0.516. The number of fused-ring (bicyclic) bond motifs is 3. The smallest absolute Gasteiger partial charge is 0.410 e. The molecule has 1 N–H and O–H groups in total. The number of rotatable bonds is 3. The highest BCUT2D eigenvalue weighted by Crippen LogP contribution is 2.44. The van der Waals surface area contributed by atoms with Crippen molar-refractivity contribution in [2.45, 2.75) is 11.5 Å². The molecule has 7 nitrogen and oxygen atoms in total. The van der Waals surface area contributed by atoms with Crippen molar-refractivity contribution in [2.75, 3.05) is 19.7 Å². The number of carbonyl (C=O) groups is 1. The summed E-state index contributed by atoms with van der Waals surface area (Å²) in [5.74, 6) is 0.438. The van der Waals surface area contributed by atoms with Crippen molar-refractivity contribution in [1.29, 1.82) is 0 Å². The quantitative estimate of drug-likeness (QED) is 0.657. The molecule has 29 heavy (non-hydrogen) atoms. The van der Waals surface area contributed by atoms with E-state index in [0.717, 1.165) is 0 Å². The summed E-state index contributed by atoms with van der Waals surface area (Å²) in [5, 5.41) is 14.8. The number of likely N-dealkylation sites (tertiary alicyclic amines) is 1. The van der Waals surface area contributed by atoms with Crippen LogP contribution in [-0.2, 0) is 17.4 Å². The Bertz CT molecular complexity index is 1060. The number of carbonyl (C=O) groups excluding carboxylic acids is 1. The van der Waals surface area contributed by atoms with Crippen molar-refractivity contribution in [3.05, 3.63) is 70.2 Å². The van der Waals surface area contributed by atoms with Crippen molar-refractivity contribution < 1.29 is 14.6 Å². The van der Waals surface area contributed by atoms with Gasteiger partial charge in [-0.05, 0) is 38.2 Å². The molecule has 1 aliphatic heterocycles. The third-order valence-corrected chi connectivity index (χ3v) is 5.99. The molecular formula is C21H19BrN4O3. The maximum Gasteiger partial charge on any atom is 0.410 e. The van der Waals surface area contributed by atoms with Crippen LogP contribution in [0.5, 0.6) is 0 Å². The Morgan fingerprint density at radius 3 is 2.31 bits per heavy atom. The largest absolute Gasteiger partial charge is 0.448 e. The summed E-state index contributed by atoms with van der Waals surface area (Å²) in [6, 6.07) is 16.4. The van der Waals surface area contributed by atoms with Crippen LogP contribution in [-0.4, -0.2) is 50.6 Å². The molecule has 0 spiro atoms. The van der Waals surface area contributed by atoms with Gasteiger partial charge in [0.05, 0.1) is 13.1 Å². The van der Waals surface area contributed by atoms with Gasteiger partial charge in [-0.1, -0.05) is 48.5 Å². The minimum absolute atomic E-state index is 0.0150. The molecule has 0 atom stereocenters. The summed E-state index contributed by atoms with van der Waals surface area (Å²) in [5.41, 5.74) is 3.51. The molecule has 148 valence electrons. The summed E-state index contributed by atoms with van der Waals surface area (Å²) < 4.78 is 7.55. The fraction of sp³-hybridized carbons (Fsp3) is 0.286. The van der Waals surface area contributed by atoms with E-state index < -0.39 is 11.7 Å². The number of hydrogen-bond acceptors (Lipinski definition) is 5. The molecule has 1 amide bonds. The van der Waals surface area contributed by atoms with Gasteiger partial charge in [0.2, 0.25) is 4.73 Å². The van der Waals surface area contributed by atoms with Crippen LogP contribution < -0.4 is 0 Å². The summed E-state index contributed by atoms with van der Waals surface area (Å²) >= 11 is 3.20. The first kappa shape index (κ1) is 18.3. The molecule has 2 aromatic carbocycles. The molecule has 2 aliphatic rings. The van der Waals surface area contributed by atoms with Gasteiger partial charge in [-0.3, -0.25) is 0 Å². The van der Waals surface area contributed by atoms with Gasteiger partial charge in [0.25, 0.3) is 0 Å². The Hall–Kier alpha value is -2.71. The molecule has 8 heteroatoms. The molecule has 0 radical (unpaired) electrons. The first-order valence-electron chi connectivity index (χ1n) is 9.35. The lowest BCUT2D eigenvalue weighted by atomic mass is 9.94. The lowest BCUT2D eigenvalue weighted by Crippen LogP contribution is -2.62. The normalized spacial score (nSPS) is 16.9. The number of nitrogens with zero attached hydrogens (tertiary/aromatic N) is 4. The van der Waals surface area contributed by atoms with Crippen molar-refractivity contribution in [3.63, 3.8) is 0 Å². The van der Waals surface area contributed by atoms with Crippen LogP contribution in [0.3, 0.4) is 0 Å². The van der Waals surface area contributed by atoms with E-state index in [1.807, 2.05) is 24.3 Å². The van der Waals surface area contributed by atoms with E-state index in [-0.39, 0.29) is 25.6 Å². The van der Waals surface area contributed by atoms with Crippen molar-refractivity contribution in [1.82, 2.24) is 19.7 Å². The second-order valence-electron chi connectivity index (χ2n) is 7.52. The number of aromatic nitrogens is 3. The zero-order chi connectivity index (χ0) is 20.2. The molecule has 5 rings (SSSR count). The first-order chi connectivity index (χ1) is 14.0. The SMILES string of the molecule is Cn1nc(Br)nc1C1(O)CN(C(=O)OCC2c3ccccc3-c3ccccc32)C1. The van der Waals surface area contributed by atoms with Crippen LogP contribution in [0.2, 0.25) is 0 Å². The molecular weight excluding hydrogens is 436 g/mol. The number of halogens is 1. The van der Waals surface area contributed by atoms with E-state index in [4.69, 9.17) is 4.74 Å². The fourth-order valence-corrected chi connectivity index (χ4v) is 4.71. The molecule has 0 bridgehead atoms. The lowest BCUT2D eigenvalue weighted by Gasteiger charge is -2.44. The predicted octanol–water partition coefficient (Wildman–Crippen LogP) is 3.03. The second-order valence-corrected chi connectivity index (χ2v) is 8.23. The average Bonchev–Trinajstić information content (AvgIpc) is 3.20. The zero-order valence-corrected chi connectivity index (χ0v) is 17.3. The van der Waals surface area contributed by atoms with Crippen LogP contribution in [0.1, 0.15) is 22.9 Å². The summed E-state index contributed by atoms with van der Waals surface area (Å²) in [4.78, 5) is 18.2. The highest BCUT2D eigenvalue weighted by atomic mass is 79.9. The van der Waals surface area contributed by atoms with Crippen LogP contribution in [0.15, 0.2) is 53.3 Å². The van der Waals surface area contributed by atoms with E-state index in [2.05, 4.69) is 50.3 Å². The molecule has 1 fully saturated rings. The Balaban J connectivity index is 1.27. The molecule has 3 aromatic rings. The van der Waals surface area contributed by atoms with E-state index in [9.17, 15) is 9.90 Å². The summed E-state index contributed by atoms with van der Waals surface area (Å²) in [6.07, 6.45) is -0.433. The molecule has 0 saturated carbocycles. The van der Waals surface area contributed by atoms with Crippen LogP contribution in [0, 0.1) is 0 Å². The Labute approximate surface area is 176 Å². The number of amides is 1. The molecule has 2 heterocycles. The Kier molecular flexibility index (Phi) is 4.22. The molecule has 1 aliphatic carbocycles. The van der Waals surface area contributed by atoms with Crippen molar-refractivity contribution >= 4 is 22.0 Å². The van der Waals surface area contributed by atoms with Crippen molar-refractivity contribution in [3.8, 4) is 11.1 Å². The van der Waals surface area contributed by atoms with Gasteiger partial charge < -0.3 is 14.7 Å². The van der Waals surface area contributed by atoms with Crippen LogP contribution in [0.4, 0.5) is 4.79 Å². The second kappa shape index (κ2) is 6.67. The molecule has 1 saturated heterocycles. The standard InChI is InChI=1S/C21H19BrN4O3/c1-25-18(23-19(22)24-25)21(28)11-26(12-21)20(27)29-10-17-15-8-4-2-6-13(15)14-7-3-5-9-16(14)17/h2-9,17,28H,10-12H2,1H3. The Morgan fingerprint density at radius 2 is 1.76 bits per heavy atom. The average molecular weight is 455 g/mol. The monoisotopic (exact) mass is 454 g/mol. The maximum atomic E-state index is 12.6. The number of ether oxygens (including phenoxy) is 1. The van der Waals surface area contributed by atoms with Gasteiger partial charge in [0.15, 0.2) is 11.4 Å². The molecule has 0 unspecified atom stereocenters. The number of aryl methyl sites for hydroxylation is 1. The number of hydrogen-bond donors (Lipinski definition) is 1. The molecule has 1 aromatic heterocycles. The van der Waals surface area contributed by atoms with E-state index in [1.54, 1.807) is 7.05 Å². The van der Waals surface area contributed by atoms with Gasteiger partial charge in [-0.25, -0.2) is 14.5 Å². The Morgan fingerprint density at radius 1 is 1.17 bits per heavy atom. The fourth-order valence-electron chi connectivity index (χ4n) is 4.30. The van der Waals surface area contributed by atoms with E-state index in [1.165, 1.54) is 31.8 Å². The van der Waals surface area contributed by atoms with Gasteiger partial charge in [-0.15, -0.1) is 5.10 Å². The first-order valence-corrected chi connectivity index (χ1v) is 10.1. The highest BCUT2D eigenvalue weighted by molar-refractivity contribution is 9.10. The third-order valence-electron chi connectivity index (χ3n) is 5.65. The highest BCUT2D eigenvalue weighted by Gasteiger charge is 2.49.